The Hall–Kier alpha value is -2.18. The Labute approximate surface area is 135 Å². The minimum atomic E-state index is -0.147. The van der Waals surface area contributed by atoms with Gasteiger partial charge in [0.2, 0.25) is 5.91 Å². The number of benzene rings is 1. The fourth-order valence-corrected chi connectivity index (χ4v) is 3.64. The first-order chi connectivity index (χ1) is 11.3. The van der Waals surface area contributed by atoms with Crippen molar-refractivity contribution in [2.45, 2.75) is 37.8 Å². The highest BCUT2D eigenvalue weighted by atomic mass is 16.2. The minimum absolute atomic E-state index is 0.0405. The van der Waals surface area contributed by atoms with Crippen molar-refractivity contribution < 1.29 is 4.79 Å². The maximum Gasteiger partial charge on any atom is 0.243 e. The van der Waals surface area contributed by atoms with E-state index >= 15 is 0 Å². The molecule has 2 heterocycles. The van der Waals surface area contributed by atoms with Gasteiger partial charge in [-0.05, 0) is 43.2 Å². The summed E-state index contributed by atoms with van der Waals surface area (Å²) in [6, 6.07) is 9.90. The van der Waals surface area contributed by atoms with Crippen LogP contribution in [0.3, 0.4) is 0 Å². The number of aromatic nitrogens is 2. The molecular formula is C17H21N5O. The molecule has 1 aromatic heterocycles. The molecule has 3 atom stereocenters. The van der Waals surface area contributed by atoms with E-state index in [4.69, 9.17) is 0 Å². The number of hydrazine groups is 1. The number of nitrogens with one attached hydrogen (secondary N) is 3. The fraction of sp³-hybridized carbons (Fsp3) is 0.412. The highest BCUT2D eigenvalue weighted by molar-refractivity contribution is 5.95. The van der Waals surface area contributed by atoms with Gasteiger partial charge < -0.3 is 5.32 Å². The van der Waals surface area contributed by atoms with Gasteiger partial charge in [0.25, 0.3) is 0 Å². The topological polar surface area (TPSA) is 71.0 Å². The van der Waals surface area contributed by atoms with Crippen molar-refractivity contribution in [3.05, 3.63) is 42.7 Å². The number of hydrogen-bond donors (Lipinski definition) is 3. The lowest BCUT2D eigenvalue weighted by Crippen LogP contribution is -2.42. The standard InChI is InChI=1S/C17H21N5O/c23-17(16-14-4-1-2-5-15(14)20-21-16)19-12-6-8-13(9-7-12)22-11-3-10-18-22/h3,6-11,14-16,20-21H,1-2,4-5H2,(H,19,23). The molecule has 0 bridgehead atoms. The second-order valence-corrected chi connectivity index (χ2v) is 6.31. The molecule has 1 aromatic carbocycles. The Morgan fingerprint density at radius 2 is 2.00 bits per heavy atom. The third kappa shape index (κ3) is 2.87. The second-order valence-electron chi connectivity index (χ2n) is 6.31. The number of carbonyl (C=O) groups is 1. The van der Waals surface area contributed by atoms with Crippen molar-refractivity contribution in [2.24, 2.45) is 5.92 Å². The lowest BCUT2D eigenvalue weighted by Gasteiger charge is -2.26. The molecule has 1 saturated heterocycles. The molecule has 2 fully saturated rings. The van der Waals surface area contributed by atoms with Crippen LogP contribution in [0.5, 0.6) is 0 Å². The maximum absolute atomic E-state index is 12.6. The first-order valence-electron chi connectivity index (χ1n) is 8.23. The summed E-state index contributed by atoms with van der Waals surface area (Å²) in [4.78, 5) is 12.6. The van der Waals surface area contributed by atoms with Crippen molar-refractivity contribution >= 4 is 11.6 Å². The van der Waals surface area contributed by atoms with Gasteiger partial charge in [0.15, 0.2) is 0 Å². The first-order valence-corrected chi connectivity index (χ1v) is 8.23. The van der Waals surface area contributed by atoms with E-state index in [9.17, 15) is 4.79 Å². The maximum atomic E-state index is 12.6. The molecule has 2 aromatic rings. The Kier molecular flexibility index (Phi) is 3.85. The zero-order chi connectivity index (χ0) is 15.6. The minimum Gasteiger partial charge on any atom is -0.325 e. The quantitative estimate of drug-likeness (QED) is 0.809. The van der Waals surface area contributed by atoms with Gasteiger partial charge in [-0.3, -0.25) is 10.2 Å². The van der Waals surface area contributed by atoms with Crippen molar-refractivity contribution in [3.8, 4) is 5.69 Å². The van der Waals surface area contributed by atoms with Crippen LogP contribution in [0, 0.1) is 5.92 Å². The summed E-state index contributed by atoms with van der Waals surface area (Å²) in [5.74, 6) is 0.436. The molecule has 2 aliphatic rings. The summed E-state index contributed by atoms with van der Waals surface area (Å²) in [7, 11) is 0. The van der Waals surface area contributed by atoms with Crippen molar-refractivity contribution in [1.29, 1.82) is 0 Å². The summed E-state index contributed by atoms with van der Waals surface area (Å²) in [5.41, 5.74) is 8.24. The Morgan fingerprint density at radius 3 is 2.78 bits per heavy atom. The largest absolute Gasteiger partial charge is 0.325 e. The van der Waals surface area contributed by atoms with Crippen LogP contribution >= 0.6 is 0 Å². The molecule has 6 nitrogen and oxygen atoms in total. The molecule has 0 spiro atoms. The predicted molar refractivity (Wildman–Crippen MR) is 88.0 cm³/mol. The monoisotopic (exact) mass is 311 g/mol. The van der Waals surface area contributed by atoms with Crippen LogP contribution in [0.25, 0.3) is 5.69 Å². The van der Waals surface area contributed by atoms with Crippen LogP contribution in [-0.2, 0) is 4.79 Å². The van der Waals surface area contributed by atoms with Gasteiger partial charge in [-0.1, -0.05) is 12.8 Å². The number of rotatable bonds is 3. The number of hydrogen-bond acceptors (Lipinski definition) is 4. The number of fused-ring (bicyclic) bond motifs is 1. The Bertz CT molecular complexity index is 667. The van der Waals surface area contributed by atoms with Crippen molar-refractivity contribution in [3.63, 3.8) is 0 Å². The summed E-state index contributed by atoms with van der Waals surface area (Å²) < 4.78 is 1.79. The van der Waals surface area contributed by atoms with Gasteiger partial charge in [-0.25, -0.2) is 10.1 Å². The zero-order valence-electron chi connectivity index (χ0n) is 12.9. The van der Waals surface area contributed by atoms with Gasteiger partial charge in [0.05, 0.1) is 5.69 Å². The summed E-state index contributed by atoms with van der Waals surface area (Å²) >= 11 is 0. The SMILES string of the molecule is O=C(Nc1ccc(-n2cccn2)cc1)C1NNC2CCCCC21. The number of nitrogens with zero attached hydrogens (tertiary/aromatic N) is 2. The predicted octanol–water partition coefficient (Wildman–Crippen LogP) is 1.85. The second kappa shape index (κ2) is 6.14. The Balaban J connectivity index is 1.42. The van der Waals surface area contributed by atoms with Gasteiger partial charge in [-0.15, -0.1) is 0 Å². The molecule has 120 valence electrons. The third-order valence-electron chi connectivity index (χ3n) is 4.86. The molecule has 1 amide bonds. The molecule has 23 heavy (non-hydrogen) atoms. The van der Waals surface area contributed by atoms with Crippen LogP contribution in [0.15, 0.2) is 42.7 Å². The summed E-state index contributed by atoms with van der Waals surface area (Å²) in [6.45, 7) is 0. The molecule has 3 N–H and O–H groups in total. The average molecular weight is 311 g/mol. The zero-order valence-corrected chi connectivity index (χ0v) is 12.9. The third-order valence-corrected chi connectivity index (χ3v) is 4.86. The van der Waals surface area contributed by atoms with Crippen molar-refractivity contribution in [2.75, 3.05) is 5.32 Å². The van der Waals surface area contributed by atoms with E-state index in [2.05, 4.69) is 21.3 Å². The normalized spacial score (nSPS) is 26.7. The van der Waals surface area contributed by atoms with E-state index in [-0.39, 0.29) is 11.9 Å². The molecule has 3 unspecified atom stereocenters. The van der Waals surface area contributed by atoms with Crippen molar-refractivity contribution in [1.82, 2.24) is 20.6 Å². The average Bonchev–Trinajstić information content (AvgIpc) is 3.25. The van der Waals surface area contributed by atoms with E-state index in [0.717, 1.165) is 24.2 Å². The molecular weight excluding hydrogens is 290 g/mol. The summed E-state index contributed by atoms with van der Waals surface area (Å²) in [6.07, 6.45) is 8.37. The van der Waals surface area contributed by atoms with E-state index in [1.807, 2.05) is 36.5 Å². The molecule has 6 heteroatoms. The smallest absolute Gasteiger partial charge is 0.243 e. The van der Waals surface area contributed by atoms with E-state index in [0.29, 0.717) is 12.0 Å². The van der Waals surface area contributed by atoms with E-state index in [1.54, 1.807) is 10.9 Å². The Morgan fingerprint density at radius 1 is 1.17 bits per heavy atom. The van der Waals surface area contributed by atoms with Gasteiger partial charge in [-0.2, -0.15) is 5.10 Å². The number of carbonyl (C=O) groups excluding carboxylic acids is 1. The highest BCUT2D eigenvalue weighted by Crippen LogP contribution is 2.30. The first kappa shape index (κ1) is 14.4. The van der Waals surface area contributed by atoms with Crippen LogP contribution in [0.2, 0.25) is 0 Å². The van der Waals surface area contributed by atoms with E-state index in [1.165, 1.54) is 12.8 Å². The number of amides is 1. The van der Waals surface area contributed by atoms with E-state index < -0.39 is 0 Å². The lowest BCUT2D eigenvalue weighted by atomic mass is 9.81. The number of anilines is 1. The molecule has 1 aliphatic carbocycles. The van der Waals surface area contributed by atoms with Gasteiger partial charge in [0.1, 0.15) is 6.04 Å². The highest BCUT2D eigenvalue weighted by Gasteiger charge is 2.40. The molecule has 0 radical (unpaired) electrons. The molecule has 4 rings (SSSR count). The fourth-order valence-electron chi connectivity index (χ4n) is 3.64. The van der Waals surface area contributed by atoms with Crippen LogP contribution in [0.4, 0.5) is 5.69 Å². The lowest BCUT2D eigenvalue weighted by molar-refractivity contribution is -0.118. The van der Waals surface area contributed by atoms with Crippen LogP contribution < -0.4 is 16.2 Å². The van der Waals surface area contributed by atoms with Gasteiger partial charge >= 0.3 is 0 Å². The van der Waals surface area contributed by atoms with Crippen LogP contribution in [-0.4, -0.2) is 27.8 Å². The van der Waals surface area contributed by atoms with Gasteiger partial charge in [0, 0.05) is 30.0 Å². The molecule has 1 aliphatic heterocycles. The summed E-state index contributed by atoms with van der Waals surface area (Å²) in [5, 5.41) is 7.21. The molecule has 1 saturated carbocycles. The van der Waals surface area contributed by atoms with Crippen LogP contribution in [0.1, 0.15) is 25.7 Å².